The van der Waals surface area contributed by atoms with E-state index < -0.39 is 0 Å². The number of hydrogen-bond donors (Lipinski definition) is 0. The zero-order valence-corrected chi connectivity index (χ0v) is 12.4. The number of carbonyl (C=O) groups excluding carboxylic acids is 2. The Morgan fingerprint density at radius 2 is 2.05 bits per heavy atom. The molecule has 20 heavy (non-hydrogen) atoms. The summed E-state index contributed by atoms with van der Waals surface area (Å²) in [6, 6.07) is 1.85. The Kier molecular flexibility index (Phi) is 3.43. The van der Waals surface area contributed by atoms with Crippen LogP contribution in [0.4, 0.5) is 0 Å². The summed E-state index contributed by atoms with van der Waals surface area (Å²) in [6.45, 7) is 2.00. The van der Waals surface area contributed by atoms with Gasteiger partial charge >= 0.3 is 0 Å². The summed E-state index contributed by atoms with van der Waals surface area (Å²) in [5.74, 6) is 0.177. The number of carbonyl (C=O) groups is 2. The Bertz CT molecular complexity index is 682. The van der Waals surface area contributed by atoms with Crippen molar-refractivity contribution in [2.24, 2.45) is 5.92 Å². The minimum absolute atomic E-state index is 0.0952. The number of aromatic nitrogens is 2. The first-order valence-electron chi connectivity index (χ1n) is 6.27. The van der Waals surface area contributed by atoms with Crippen LogP contribution in [-0.4, -0.2) is 26.7 Å². The highest BCUT2D eigenvalue weighted by molar-refractivity contribution is 7.16. The number of thiophene rings is 1. The Morgan fingerprint density at radius 3 is 2.75 bits per heavy atom. The lowest BCUT2D eigenvalue weighted by Gasteiger charge is -2.27. The van der Waals surface area contributed by atoms with Crippen LogP contribution in [0.15, 0.2) is 11.4 Å². The van der Waals surface area contributed by atoms with Gasteiger partial charge in [-0.05, 0) is 17.4 Å². The second-order valence-corrected chi connectivity index (χ2v) is 6.21. The fraction of sp³-hybridized carbons (Fsp3) is 0.385. The highest BCUT2D eigenvalue weighted by atomic mass is 35.5. The van der Waals surface area contributed by atoms with Crippen molar-refractivity contribution >= 4 is 45.0 Å². The molecule has 1 saturated heterocycles. The standard InChI is InChI=1S/C13H12ClN3O2S/c1-7-4-10(18)17(11(19)5-7)6-9-15-12(14)8-2-3-20-13(8)16-9/h2-3,7H,4-6H2,1H3. The van der Waals surface area contributed by atoms with Gasteiger partial charge in [0.15, 0.2) is 5.82 Å². The van der Waals surface area contributed by atoms with Crippen LogP contribution in [0.1, 0.15) is 25.6 Å². The van der Waals surface area contributed by atoms with Crippen molar-refractivity contribution in [1.29, 1.82) is 0 Å². The number of amides is 2. The molecule has 0 N–H and O–H groups in total. The molecule has 0 spiro atoms. The van der Waals surface area contributed by atoms with Crippen LogP contribution < -0.4 is 0 Å². The van der Waals surface area contributed by atoms with Gasteiger partial charge < -0.3 is 0 Å². The molecular formula is C13H12ClN3O2S. The summed E-state index contributed by atoms with van der Waals surface area (Å²) in [7, 11) is 0. The molecule has 0 aromatic carbocycles. The molecule has 3 rings (SSSR count). The van der Waals surface area contributed by atoms with Crippen molar-refractivity contribution in [2.45, 2.75) is 26.3 Å². The van der Waals surface area contributed by atoms with Crippen molar-refractivity contribution in [3.05, 3.63) is 22.4 Å². The summed E-state index contributed by atoms with van der Waals surface area (Å²) in [5.41, 5.74) is 0. The third kappa shape index (κ3) is 2.41. The summed E-state index contributed by atoms with van der Waals surface area (Å²) in [6.07, 6.45) is 0.779. The van der Waals surface area contributed by atoms with Crippen molar-refractivity contribution < 1.29 is 9.59 Å². The normalized spacial score (nSPS) is 17.2. The number of likely N-dealkylation sites (tertiary alicyclic amines) is 1. The van der Waals surface area contributed by atoms with Crippen molar-refractivity contribution in [2.75, 3.05) is 0 Å². The van der Waals surface area contributed by atoms with Crippen molar-refractivity contribution in [3.8, 4) is 0 Å². The molecule has 1 aliphatic rings. The smallest absolute Gasteiger partial charge is 0.229 e. The molecule has 1 fully saturated rings. The maximum absolute atomic E-state index is 11.9. The van der Waals surface area contributed by atoms with E-state index >= 15 is 0 Å². The zero-order chi connectivity index (χ0) is 14.3. The number of halogens is 1. The Labute approximate surface area is 124 Å². The fourth-order valence-electron chi connectivity index (χ4n) is 2.28. The van der Waals surface area contributed by atoms with E-state index in [1.165, 1.54) is 16.2 Å². The van der Waals surface area contributed by atoms with Crippen LogP contribution in [0.2, 0.25) is 5.15 Å². The van der Waals surface area contributed by atoms with E-state index in [9.17, 15) is 9.59 Å². The molecule has 7 heteroatoms. The van der Waals surface area contributed by atoms with Crippen LogP contribution in [0.3, 0.4) is 0 Å². The average molecular weight is 310 g/mol. The van der Waals surface area contributed by atoms with Crippen LogP contribution in [-0.2, 0) is 16.1 Å². The topological polar surface area (TPSA) is 63.2 Å². The molecule has 5 nitrogen and oxygen atoms in total. The lowest BCUT2D eigenvalue weighted by molar-refractivity contribution is -0.150. The number of fused-ring (bicyclic) bond motifs is 1. The molecule has 2 amide bonds. The molecular weight excluding hydrogens is 298 g/mol. The van der Waals surface area contributed by atoms with Gasteiger partial charge in [-0.15, -0.1) is 11.3 Å². The van der Waals surface area contributed by atoms with Gasteiger partial charge in [0.05, 0.1) is 6.54 Å². The molecule has 2 aromatic rings. The van der Waals surface area contributed by atoms with E-state index in [0.29, 0.717) is 23.8 Å². The third-order valence-electron chi connectivity index (χ3n) is 3.27. The lowest BCUT2D eigenvalue weighted by atomic mass is 9.98. The summed E-state index contributed by atoms with van der Waals surface area (Å²) in [4.78, 5) is 34.4. The van der Waals surface area contributed by atoms with Crippen molar-refractivity contribution in [1.82, 2.24) is 14.9 Å². The van der Waals surface area contributed by atoms with E-state index in [0.717, 1.165) is 10.2 Å². The summed E-state index contributed by atoms with van der Waals surface area (Å²) < 4.78 is 0. The lowest BCUT2D eigenvalue weighted by Crippen LogP contribution is -2.42. The van der Waals surface area contributed by atoms with Gasteiger partial charge in [-0.2, -0.15) is 0 Å². The number of imide groups is 1. The molecule has 1 aliphatic heterocycles. The predicted octanol–water partition coefficient (Wildman–Crippen LogP) is 2.63. The van der Waals surface area contributed by atoms with Gasteiger partial charge in [0, 0.05) is 18.2 Å². The third-order valence-corrected chi connectivity index (χ3v) is 4.37. The molecule has 2 aromatic heterocycles. The Hall–Kier alpha value is -1.53. The van der Waals surface area contributed by atoms with E-state index in [-0.39, 0.29) is 24.3 Å². The first-order chi connectivity index (χ1) is 9.54. The first-order valence-corrected chi connectivity index (χ1v) is 7.53. The fourth-order valence-corrected chi connectivity index (χ4v) is 3.37. The maximum Gasteiger partial charge on any atom is 0.229 e. The average Bonchev–Trinajstić information content (AvgIpc) is 2.82. The minimum atomic E-state index is -0.167. The van der Waals surface area contributed by atoms with E-state index in [2.05, 4.69) is 9.97 Å². The minimum Gasteiger partial charge on any atom is -0.275 e. The van der Waals surface area contributed by atoms with E-state index in [1.807, 2.05) is 18.4 Å². The number of hydrogen-bond acceptors (Lipinski definition) is 5. The highest BCUT2D eigenvalue weighted by Gasteiger charge is 2.31. The van der Waals surface area contributed by atoms with Gasteiger partial charge in [-0.3, -0.25) is 14.5 Å². The van der Waals surface area contributed by atoms with Gasteiger partial charge in [-0.1, -0.05) is 18.5 Å². The highest BCUT2D eigenvalue weighted by Crippen LogP contribution is 2.26. The number of nitrogens with zero attached hydrogens (tertiary/aromatic N) is 3. The second-order valence-electron chi connectivity index (χ2n) is 4.96. The monoisotopic (exact) mass is 309 g/mol. The first kappa shape index (κ1) is 13.5. The molecule has 0 radical (unpaired) electrons. The van der Waals surface area contributed by atoms with E-state index in [4.69, 9.17) is 11.6 Å². The Balaban J connectivity index is 1.89. The SMILES string of the molecule is CC1CC(=O)N(Cc2nc(Cl)c3ccsc3n2)C(=O)C1. The van der Waals surface area contributed by atoms with Crippen LogP contribution in [0.25, 0.3) is 10.2 Å². The molecule has 104 valence electrons. The van der Waals surface area contributed by atoms with Crippen LogP contribution in [0, 0.1) is 5.92 Å². The van der Waals surface area contributed by atoms with Gasteiger partial charge in [-0.25, -0.2) is 9.97 Å². The molecule has 0 bridgehead atoms. The maximum atomic E-state index is 11.9. The number of rotatable bonds is 2. The van der Waals surface area contributed by atoms with E-state index in [1.54, 1.807) is 0 Å². The van der Waals surface area contributed by atoms with Crippen LogP contribution in [0.5, 0.6) is 0 Å². The molecule has 3 heterocycles. The molecule has 0 saturated carbocycles. The van der Waals surface area contributed by atoms with Gasteiger partial charge in [0.25, 0.3) is 0 Å². The molecule has 0 unspecified atom stereocenters. The van der Waals surface area contributed by atoms with Crippen molar-refractivity contribution in [3.63, 3.8) is 0 Å². The zero-order valence-electron chi connectivity index (χ0n) is 10.8. The molecule has 0 aliphatic carbocycles. The largest absolute Gasteiger partial charge is 0.275 e. The summed E-state index contributed by atoms with van der Waals surface area (Å²) >= 11 is 7.54. The quantitative estimate of drug-likeness (QED) is 0.632. The van der Waals surface area contributed by atoms with Crippen LogP contribution >= 0.6 is 22.9 Å². The summed E-state index contributed by atoms with van der Waals surface area (Å²) in [5, 5.41) is 3.04. The second kappa shape index (κ2) is 5.10. The van der Waals surface area contributed by atoms with Gasteiger partial charge in [0.1, 0.15) is 9.98 Å². The predicted molar refractivity (Wildman–Crippen MR) is 76.4 cm³/mol. The number of piperidine rings is 1. The molecule has 0 atom stereocenters. The Morgan fingerprint density at radius 1 is 1.35 bits per heavy atom. The van der Waals surface area contributed by atoms with Gasteiger partial charge in [0.2, 0.25) is 11.8 Å².